The van der Waals surface area contributed by atoms with Crippen molar-refractivity contribution < 1.29 is 19.4 Å². The molecule has 0 saturated heterocycles. The van der Waals surface area contributed by atoms with Gasteiger partial charge in [-0.1, -0.05) is 74.7 Å². The van der Waals surface area contributed by atoms with Gasteiger partial charge in [-0.2, -0.15) is 0 Å². The molecule has 2 aromatic carbocycles. The first kappa shape index (κ1) is 19.5. The molecule has 0 heterocycles. The summed E-state index contributed by atoms with van der Waals surface area (Å²) in [6.07, 6.45) is 4.04. The minimum atomic E-state index is -0.997. The summed E-state index contributed by atoms with van der Waals surface area (Å²) < 4.78 is 5.54. The van der Waals surface area contributed by atoms with Crippen molar-refractivity contribution in [1.82, 2.24) is 5.32 Å². The number of nitrogens with one attached hydrogen (secondary N) is 1. The number of hydrogen-bond acceptors (Lipinski definition) is 3. The molecule has 2 aromatic rings. The molecule has 152 valence electrons. The average molecular weight is 393 g/mol. The fourth-order valence-corrected chi connectivity index (χ4v) is 4.94. The Hall–Kier alpha value is -2.82. The summed E-state index contributed by atoms with van der Waals surface area (Å²) in [5, 5.41) is 12.3. The molecule has 1 unspecified atom stereocenters. The van der Waals surface area contributed by atoms with Crippen LogP contribution in [0.1, 0.15) is 56.1 Å². The Morgan fingerprint density at radius 2 is 1.59 bits per heavy atom. The van der Waals surface area contributed by atoms with Gasteiger partial charge in [0.15, 0.2) is 0 Å². The van der Waals surface area contributed by atoms with Crippen molar-refractivity contribution in [1.29, 1.82) is 0 Å². The summed E-state index contributed by atoms with van der Waals surface area (Å²) >= 11 is 0. The van der Waals surface area contributed by atoms with Gasteiger partial charge in [-0.15, -0.1) is 0 Å². The molecule has 0 bridgehead atoms. The minimum Gasteiger partial charge on any atom is -0.480 e. The molecule has 29 heavy (non-hydrogen) atoms. The number of carbonyl (C=O) groups is 2. The van der Waals surface area contributed by atoms with E-state index in [1.54, 1.807) is 0 Å². The van der Waals surface area contributed by atoms with Gasteiger partial charge >= 0.3 is 12.1 Å². The van der Waals surface area contributed by atoms with Crippen molar-refractivity contribution >= 4 is 12.1 Å². The van der Waals surface area contributed by atoms with E-state index < -0.39 is 23.5 Å². The molecule has 5 heteroatoms. The maximum absolute atomic E-state index is 12.5. The first-order valence-electron chi connectivity index (χ1n) is 10.3. The highest BCUT2D eigenvalue weighted by Gasteiger charge is 2.41. The van der Waals surface area contributed by atoms with Crippen molar-refractivity contribution in [3.8, 4) is 11.1 Å². The molecule has 0 aliphatic heterocycles. The molecule has 2 aliphatic rings. The molecule has 0 radical (unpaired) electrons. The van der Waals surface area contributed by atoms with Crippen LogP contribution in [0.15, 0.2) is 48.5 Å². The van der Waals surface area contributed by atoms with Crippen LogP contribution >= 0.6 is 0 Å². The molecule has 1 fully saturated rings. The van der Waals surface area contributed by atoms with Crippen LogP contribution in [0, 0.1) is 5.41 Å². The van der Waals surface area contributed by atoms with Crippen molar-refractivity contribution in [2.45, 2.75) is 51.0 Å². The van der Waals surface area contributed by atoms with Gasteiger partial charge in [0.2, 0.25) is 0 Å². The monoisotopic (exact) mass is 393 g/mol. The van der Waals surface area contributed by atoms with Crippen molar-refractivity contribution in [2.24, 2.45) is 5.41 Å². The van der Waals surface area contributed by atoms with E-state index in [1.165, 1.54) is 0 Å². The second-order valence-corrected chi connectivity index (χ2v) is 8.46. The summed E-state index contributed by atoms with van der Waals surface area (Å²) in [5.41, 5.74) is 4.16. The second-order valence-electron chi connectivity index (χ2n) is 8.46. The summed E-state index contributed by atoms with van der Waals surface area (Å²) in [6.45, 7) is 2.14. The first-order chi connectivity index (χ1) is 14.0. The van der Waals surface area contributed by atoms with E-state index in [9.17, 15) is 14.7 Å². The molecule has 1 amide bonds. The van der Waals surface area contributed by atoms with Gasteiger partial charge in [-0.25, -0.2) is 9.59 Å². The molecule has 2 N–H and O–H groups in total. The summed E-state index contributed by atoms with van der Waals surface area (Å²) in [6, 6.07) is 15.3. The zero-order chi connectivity index (χ0) is 20.4. The van der Waals surface area contributed by atoms with Gasteiger partial charge in [0.25, 0.3) is 0 Å². The SMILES string of the molecule is CC1(C(NC(=O)OCC2c3ccccc3-c3ccccc32)C(=O)O)CCCCC1. The highest BCUT2D eigenvalue weighted by atomic mass is 16.5. The lowest BCUT2D eigenvalue weighted by atomic mass is 9.70. The third-order valence-electron chi connectivity index (χ3n) is 6.55. The second kappa shape index (κ2) is 7.90. The fourth-order valence-electron chi connectivity index (χ4n) is 4.94. The molecular weight excluding hydrogens is 366 g/mol. The molecule has 2 aliphatic carbocycles. The van der Waals surface area contributed by atoms with E-state index in [1.807, 2.05) is 31.2 Å². The Morgan fingerprint density at radius 3 is 2.14 bits per heavy atom. The number of carbonyl (C=O) groups excluding carboxylic acids is 1. The normalized spacial score (nSPS) is 18.4. The summed E-state index contributed by atoms with van der Waals surface area (Å²) in [5.74, 6) is -1.04. The average Bonchev–Trinajstić information content (AvgIpc) is 3.04. The van der Waals surface area contributed by atoms with Crippen LogP contribution in [-0.4, -0.2) is 29.8 Å². The molecular formula is C24H27NO4. The Morgan fingerprint density at radius 1 is 1.03 bits per heavy atom. The third-order valence-corrected chi connectivity index (χ3v) is 6.55. The van der Waals surface area contributed by atoms with E-state index in [-0.39, 0.29) is 12.5 Å². The number of ether oxygens (including phenoxy) is 1. The molecule has 5 nitrogen and oxygen atoms in total. The molecule has 0 spiro atoms. The van der Waals surface area contributed by atoms with Crippen molar-refractivity contribution in [3.05, 3.63) is 59.7 Å². The topological polar surface area (TPSA) is 75.6 Å². The van der Waals surface area contributed by atoms with Crippen LogP contribution in [-0.2, 0) is 9.53 Å². The number of carboxylic acids is 1. The molecule has 4 rings (SSSR count). The quantitative estimate of drug-likeness (QED) is 0.754. The van der Waals surface area contributed by atoms with Crippen molar-refractivity contribution in [3.63, 3.8) is 0 Å². The van der Waals surface area contributed by atoms with E-state index in [0.29, 0.717) is 0 Å². The highest BCUT2D eigenvalue weighted by Crippen LogP contribution is 2.44. The zero-order valence-corrected chi connectivity index (χ0v) is 16.7. The summed E-state index contributed by atoms with van der Waals surface area (Å²) in [7, 11) is 0. The van der Waals surface area contributed by atoms with Gasteiger partial charge in [0.1, 0.15) is 12.6 Å². The Kier molecular flexibility index (Phi) is 5.31. The van der Waals surface area contributed by atoms with Gasteiger partial charge in [0, 0.05) is 5.92 Å². The number of amides is 1. The van der Waals surface area contributed by atoms with Crippen LogP contribution in [0.5, 0.6) is 0 Å². The molecule has 1 saturated carbocycles. The van der Waals surface area contributed by atoms with Gasteiger partial charge in [-0.05, 0) is 40.5 Å². The van der Waals surface area contributed by atoms with Crippen LogP contribution in [0.3, 0.4) is 0 Å². The Labute approximate surface area is 171 Å². The van der Waals surface area contributed by atoms with Crippen molar-refractivity contribution in [2.75, 3.05) is 6.61 Å². The highest BCUT2D eigenvalue weighted by molar-refractivity contribution is 5.81. The lowest BCUT2D eigenvalue weighted by Crippen LogP contribution is -2.52. The predicted octanol–water partition coefficient (Wildman–Crippen LogP) is 4.95. The Balaban J connectivity index is 1.46. The number of hydrogen-bond donors (Lipinski definition) is 2. The lowest BCUT2D eigenvalue weighted by molar-refractivity contribution is -0.143. The van der Waals surface area contributed by atoms with Crippen LogP contribution < -0.4 is 5.32 Å². The van der Waals surface area contributed by atoms with Gasteiger partial charge in [0.05, 0.1) is 0 Å². The smallest absolute Gasteiger partial charge is 0.407 e. The standard InChI is InChI=1S/C24H27NO4/c1-24(13-7-2-8-14-24)21(22(26)27)25-23(28)29-15-20-18-11-5-3-9-16(18)17-10-4-6-12-19(17)20/h3-6,9-12,20-21H,2,7-8,13-15H2,1H3,(H,25,28)(H,26,27). The van der Waals surface area contributed by atoms with Crippen LogP contribution in [0.25, 0.3) is 11.1 Å². The predicted molar refractivity (Wildman–Crippen MR) is 111 cm³/mol. The lowest BCUT2D eigenvalue weighted by Gasteiger charge is -2.38. The van der Waals surface area contributed by atoms with Gasteiger partial charge < -0.3 is 15.2 Å². The van der Waals surface area contributed by atoms with Crippen LogP contribution in [0.4, 0.5) is 4.79 Å². The maximum atomic E-state index is 12.5. The number of alkyl carbamates (subject to hydrolysis) is 1. The zero-order valence-electron chi connectivity index (χ0n) is 16.7. The van der Waals surface area contributed by atoms with E-state index >= 15 is 0 Å². The number of aliphatic carboxylic acids is 1. The maximum Gasteiger partial charge on any atom is 0.407 e. The number of rotatable bonds is 5. The van der Waals surface area contributed by atoms with E-state index in [0.717, 1.165) is 54.4 Å². The first-order valence-corrected chi connectivity index (χ1v) is 10.3. The minimum absolute atomic E-state index is 0.0401. The number of benzene rings is 2. The van der Waals surface area contributed by atoms with E-state index in [2.05, 4.69) is 29.6 Å². The number of carboxylic acid groups (broad SMARTS) is 1. The largest absolute Gasteiger partial charge is 0.480 e. The van der Waals surface area contributed by atoms with Crippen LogP contribution in [0.2, 0.25) is 0 Å². The molecule has 0 aromatic heterocycles. The van der Waals surface area contributed by atoms with Gasteiger partial charge in [-0.3, -0.25) is 0 Å². The van der Waals surface area contributed by atoms with E-state index in [4.69, 9.17) is 4.74 Å². The molecule has 1 atom stereocenters. The fraction of sp³-hybridized carbons (Fsp3) is 0.417. The number of fused-ring (bicyclic) bond motifs is 3. The third kappa shape index (κ3) is 3.74. The Bertz CT molecular complexity index is 871. The summed E-state index contributed by atoms with van der Waals surface area (Å²) in [4.78, 5) is 24.4.